The summed E-state index contributed by atoms with van der Waals surface area (Å²) in [6.07, 6.45) is 2.79. The lowest BCUT2D eigenvalue weighted by atomic mass is 10.00. The topological polar surface area (TPSA) is 26.0 Å². The van der Waals surface area contributed by atoms with Crippen LogP contribution in [0.5, 0.6) is 0 Å². The SMILES string of the molecule is NC(CCc1ccccc1)Cc1ccc(Cl)c(Cl)c1. The smallest absolute Gasteiger partial charge is 0.0595 e. The van der Waals surface area contributed by atoms with Crippen molar-refractivity contribution in [3.63, 3.8) is 0 Å². The largest absolute Gasteiger partial charge is 0.327 e. The molecule has 0 bridgehead atoms. The lowest BCUT2D eigenvalue weighted by Crippen LogP contribution is -2.23. The monoisotopic (exact) mass is 293 g/mol. The zero-order valence-electron chi connectivity index (χ0n) is 10.7. The standard InChI is InChI=1S/C16H17Cl2N/c17-15-9-7-13(11-16(15)18)10-14(19)8-6-12-4-2-1-3-5-12/h1-5,7,9,11,14H,6,8,10,19H2. The highest BCUT2D eigenvalue weighted by atomic mass is 35.5. The van der Waals surface area contributed by atoms with Gasteiger partial charge >= 0.3 is 0 Å². The molecule has 0 aliphatic rings. The van der Waals surface area contributed by atoms with E-state index in [1.807, 2.05) is 24.3 Å². The second kappa shape index (κ2) is 6.95. The molecule has 3 heteroatoms. The summed E-state index contributed by atoms with van der Waals surface area (Å²) in [5.74, 6) is 0. The number of halogens is 2. The van der Waals surface area contributed by atoms with Crippen LogP contribution in [-0.4, -0.2) is 6.04 Å². The number of aryl methyl sites for hydroxylation is 1. The second-order valence-corrected chi connectivity index (χ2v) is 5.55. The van der Waals surface area contributed by atoms with Crippen LogP contribution >= 0.6 is 23.2 Å². The van der Waals surface area contributed by atoms with Crippen LogP contribution in [0.2, 0.25) is 10.0 Å². The molecule has 0 spiro atoms. The normalized spacial score (nSPS) is 12.4. The molecule has 0 amide bonds. The Labute approximate surface area is 124 Å². The Kier molecular flexibility index (Phi) is 5.26. The molecule has 1 nitrogen and oxygen atoms in total. The number of hydrogen-bond donors (Lipinski definition) is 1. The van der Waals surface area contributed by atoms with Crippen molar-refractivity contribution in [2.45, 2.75) is 25.3 Å². The van der Waals surface area contributed by atoms with Crippen LogP contribution in [0.25, 0.3) is 0 Å². The van der Waals surface area contributed by atoms with Gasteiger partial charge < -0.3 is 5.73 Å². The third-order valence-corrected chi connectivity index (χ3v) is 3.87. The fourth-order valence-electron chi connectivity index (χ4n) is 2.07. The van der Waals surface area contributed by atoms with Crippen molar-refractivity contribution in [1.82, 2.24) is 0 Å². The van der Waals surface area contributed by atoms with Gasteiger partial charge in [-0.05, 0) is 42.5 Å². The van der Waals surface area contributed by atoms with Crippen LogP contribution in [0.3, 0.4) is 0 Å². The van der Waals surface area contributed by atoms with E-state index in [9.17, 15) is 0 Å². The average Bonchev–Trinajstić information content (AvgIpc) is 2.42. The molecule has 0 aliphatic carbocycles. The Balaban J connectivity index is 1.87. The van der Waals surface area contributed by atoms with Gasteiger partial charge in [0.05, 0.1) is 10.0 Å². The molecule has 0 heterocycles. The number of benzene rings is 2. The van der Waals surface area contributed by atoms with Crippen LogP contribution in [0.4, 0.5) is 0 Å². The molecule has 2 rings (SSSR count). The quantitative estimate of drug-likeness (QED) is 0.863. The Morgan fingerprint density at radius 1 is 0.895 bits per heavy atom. The first kappa shape index (κ1) is 14.4. The van der Waals surface area contributed by atoms with E-state index in [4.69, 9.17) is 28.9 Å². The van der Waals surface area contributed by atoms with Gasteiger partial charge in [-0.3, -0.25) is 0 Å². The molecule has 0 radical (unpaired) electrons. The molecule has 1 unspecified atom stereocenters. The second-order valence-electron chi connectivity index (χ2n) is 4.74. The van der Waals surface area contributed by atoms with Crippen molar-refractivity contribution in [3.05, 3.63) is 69.7 Å². The van der Waals surface area contributed by atoms with E-state index in [1.165, 1.54) is 5.56 Å². The van der Waals surface area contributed by atoms with Crippen LogP contribution in [0.15, 0.2) is 48.5 Å². The maximum absolute atomic E-state index is 6.17. The fourth-order valence-corrected chi connectivity index (χ4v) is 2.39. The van der Waals surface area contributed by atoms with Gasteiger partial charge in [0.1, 0.15) is 0 Å². The maximum Gasteiger partial charge on any atom is 0.0595 e. The first-order chi connectivity index (χ1) is 9.15. The van der Waals surface area contributed by atoms with Gasteiger partial charge in [-0.15, -0.1) is 0 Å². The van der Waals surface area contributed by atoms with E-state index in [2.05, 4.69) is 24.3 Å². The van der Waals surface area contributed by atoms with Crippen molar-refractivity contribution in [1.29, 1.82) is 0 Å². The van der Waals surface area contributed by atoms with Gasteiger partial charge in [-0.1, -0.05) is 59.6 Å². The van der Waals surface area contributed by atoms with Gasteiger partial charge in [-0.25, -0.2) is 0 Å². The molecule has 100 valence electrons. The van der Waals surface area contributed by atoms with Crippen LogP contribution < -0.4 is 5.73 Å². The van der Waals surface area contributed by atoms with E-state index in [0.29, 0.717) is 10.0 Å². The molecule has 2 aromatic carbocycles. The van der Waals surface area contributed by atoms with E-state index in [0.717, 1.165) is 24.8 Å². The van der Waals surface area contributed by atoms with Crippen LogP contribution in [0, 0.1) is 0 Å². The molecule has 0 aliphatic heterocycles. The van der Waals surface area contributed by atoms with Gasteiger partial charge in [-0.2, -0.15) is 0 Å². The number of nitrogens with two attached hydrogens (primary N) is 1. The van der Waals surface area contributed by atoms with Gasteiger partial charge in [0, 0.05) is 6.04 Å². The molecule has 19 heavy (non-hydrogen) atoms. The number of rotatable bonds is 5. The van der Waals surface area contributed by atoms with Crippen molar-refractivity contribution in [2.75, 3.05) is 0 Å². The Bertz CT molecular complexity index is 526. The minimum absolute atomic E-state index is 0.137. The minimum atomic E-state index is 0.137. The van der Waals surface area contributed by atoms with Crippen molar-refractivity contribution >= 4 is 23.2 Å². The third kappa shape index (κ3) is 4.54. The summed E-state index contributed by atoms with van der Waals surface area (Å²) in [4.78, 5) is 0. The predicted molar refractivity (Wildman–Crippen MR) is 82.9 cm³/mol. The third-order valence-electron chi connectivity index (χ3n) is 3.13. The zero-order valence-corrected chi connectivity index (χ0v) is 12.2. The Morgan fingerprint density at radius 2 is 1.63 bits per heavy atom. The Morgan fingerprint density at radius 3 is 2.32 bits per heavy atom. The van der Waals surface area contributed by atoms with E-state index < -0.39 is 0 Å². The molecule has 1 atom stereocenters. The highest BCUT2D eigenvalue weighted by Crippen LogP contribution is 2.23. The molecular formula is C16H17Cl2N. The van der Waals surface area contributed by atoms with E-state index >= 15 is 0 Å². The number of hydrogen-bond acceptors (Lipinski definition) is 1. The first-order valence-corrected chi connectivity index (χ1v) is 7.14. The first-order valence-electron chi connectivity index (χ1n) is 6.38. The van der Waals surface area contributed by atoms with Crippen molar-refractivity contribution in [3.8, 4) is 0 Å². The van der Waals surface area contributed by atoms with Gasteiger partial charge in [0.15, 0.2) is 0 Å². The summed E-state index contributed by atoms with van der Waals surface area (Å²) < 4.78 is 0. The van der Waals surface area contributed by atoms with Gasteiger partial charge in [0.2, 0.25) is 0 Å². The molecule has 2 N–H and O–H groups in total. The van der Waals surface area contributed by atoms with Crippen LogP contribution in [-0.2, 0) is 12.8 Å². The fraction of sp³-hybridized carbons (Fsp3) is 0.250. The highest BCUT2D eigenvalue weighted by Gasteiger charge is 2.06. The summed E-state index contributed by atoms with van der Waals surface area (Å²) >= 11 is 11.9. The average molecular weight is 294 g/mol. The molecule has 0 aromatic heterocycles. The summed E-state index contributed by atoms with van der Waals surface area (Å²) in [7, 11) is 0. The molecule has 2 aromatic rings. The summed E-state index contributed by atoms with van der Waals surface area (Å²) in [6.45, 7) is 0. The maximum atomic E-state index is 6.17. The lowest BCUT2D eigenvalue weighted by molar-refractivity contribution is 0.610. The molecule has 0 saturated heterocycles. The summed E-state index contributed by atoms with van der Waals surface area (Å²) in [5.41, 5.74) is 8.63. The summed E-state index contributed by atoms with van der Waals surface area (Å²) in [6, 6.07) is 16.2. The Hall–Kier alpha value is -1.02. The van der Waals surface area contributed by atoms with E-state index in [1.54, 1.807) is 0 Å². The van der Waals surface area contributed by atoms with Crippen LogP contribution in [0.1, 0.15) is 17.5 Å². The predicted octanol–water partition coefficient (Wildman–Crippen LogP) is 4.50. The van der Waals surface area contributed by atoms with Crippen molar-refractivity contribution < 1.29 is 0 Å². The lowest BCUT2D eigenvalue weighted by Gasteiger charge is -2.12. The molecular weight excluding hydrogens is 277 g/mol. The zero-order chi connectivity index (χ0) is 13.7. The molecule has 0 fully saturated rings. The van der Waals surface area contributed by atoms with Gasteiger partial charge in [0.25, 0.3) is 0 Å². The van der Waals surface area contributed by atoms with E-state index in [-0.39, 0.29) is 6.04 Å². The van der Waals surface area contributed by atoms with Crippen molar-refractivity contribution in [2.24, 2.45) is 5.73 Å². The minimum Gasteiger partial charge on any atom is -0.327 e. The summed E-state index contributed by atoms with van der Waals surface area (Å²) in [5, 5.41) is 1.18. The highest BCUT2D eigenvalue weighted by molar-refractivity contribution is 6.42. The molecule has 0 saturated carbocycles.